The molecule has 3 aromatic carbocycles. The Morgan fingerprint density at radius 2 is 1.79 bits per heavy atom. The number of halogens is 2. The molecular weight excluding hydrogens is 472 g/mol. The Kier molecular flexibility index (Phi) is 7.81. The second-order valence-corrected chi connectivity index (χ2v) is 8.37. The van der Waals surface area contributed by atoms with Crippen molar-refractivity contribution in [3.05, 3.63) is 99.5 Å². The van der Waals surface area contributed by atoms with Crippen molar-refractivity contribution in [1.29, 1.82) is 0 Å². The van der Waals surface area contributed by atoms with E-state index in [1.165, 1.54) is 0 Å². The lowest BCUT2D eigenvalue weighted by atomic mass is 9.98. The van der Waals surface area contributed by atoms with Crippen LogP contribution in [0.25, 0.3) is 5.57 Å². The van der Waals surface area contributed by atoms with Gasteiger partial charge in [-0.25, -0.2) is 4.79 Å². The molecule has 29 heavy (non-hydrogen) atoms. The molecule has 0 saturated carbocycles. The molecule has 0 radical (unpaired) electrons. The molecule has 3 aromatic rings. The molecule has 0 unspecified atom stereocenters. The molecule has 0 atom stereocenters. The normalized spacial score (nSPS) is 11.3. The molecule has 0 bridgehead atoms. The molecule has 0 aliphatic rings. The van der Waals surface area contributed by atoms with Gasteiger partial charge < -0.3 is 9.84 Å². The van der Waals surface area contributed by atoms with Crippen LogP contribution in [0.2, 0.25) is 5.02 Å². The van der Waals surface area contributed by atoms with E-state index in [-0.39, 0.29) is 0 Å². The predicted octanol–water partition coefficient (Wildman–Crippen LogP) is 6.79. The lowest BCUT2D eigenvalue weighted by Gasteiger charge is -2.11. The molecule has 3 nitrogen and oxygen atoms in total. The summed E-state index contributed by atoms with van der Waals surface area (Å²) in [6, 6.07) is 23.6. The average Bonchev–Trinajstić information content (AvgIpc) is 2.72. The smallest absolute Gasteiger partial charge is 0.341 e. The van der Waals surface area contributed by atoms with Gasteiger partial charge in [0.2, 0.25) is 0 Å². The lowest BCUT2D eigenvalue weighted by Crippen LogP contribution is -2.09. The fourth-order valence-corrected chi connectivity index (χ4v) is 4.35. The monoisotopic (exact) mass is 488 g/mol. The summed E-state index contributed by atoms with van der Waals surface area (Å²) in [6.45, 7) is -0.391. The predicted molar refractivity (Wildman–Crippen MR) is 123 cm³/mol. The highest BCUT2D eigenvalue weighted by molar-refractivity contribution is 9.10. The number of ether oxygens (including phenoxy) is 1. The van der Waals surface area contributed by atoms with Gasteiger partial charge in [0.25, 0.3) is 0 Å². The highest BCUT2D eigenvalue weighted by Crippen LogP contribution is 2.33. The maximum atomic E-state index is 10.6. The quantitative estimate of drug-likeness (QED) is 0.354. The molecule has 0 aromatic heterocycles. The maximum absolute atomic E-state index is 10.6. The molecule has 0 saturated heterocycles. The van der Waals surface area contributed by atoms with Crippen molar-refractivity contribution in [3.63, 3.8) is 0 Å². The van der Waals surface area contributed by atoms with Crippen molar-refractivity contribution < 1.29 is 14.6 Å². The maximum Gasteiger partial charge on any atom is 0.341 e. The number of carboxylic acids is 1. The van der Waals surface area contributed by atoms with Gasteiger partial charge >= 0.3 is 5.97 Å². The van der Waals surface area contributed by atoms with Crippen molar-refractivity contribution >= 4 is 50.8 Å². The summed E-state index contributed by atoms with van der Waals surface area (Å²) in [7, 11) is 0. The van der Waals surface area contributed by atoms with Gasteiger partial charge in [-0.05, 0) is 41.0 Å². The number of rotatable bonds is 8. The average molecular weight is 490 g/mol. The van der Waals surface area contributed by atoms with E-state index in [4.69, 9.17) is 21.4 Å². The molecule has 6 heteroatoms. The van der Waals surface area contributed by atoms with Crippen LogP contribution in [0, 0.1) is 0 Å². The zero-order valence-corrected chi connectivity index (χ0v) is 18.5. The first kappa shape index (κ1) is 21.5. The van der Waals surface area contributed by atoms with E-state index in [0.29, 0.717) is 10.8 Å². The van der Waals surface area contributed by atoms with Crippen LogP contribution in [0.3, 0.4) is 0 Å². The van der Waals surface area contributed by atoms with Crippen molar-refractivity contribution in [2.75, 3.05) is 12.4 Å². The van der Waals surface area contributed by atoms with Gasteiger partial charge in [0, 0.05) is 15.1 Å². The van der Waals surface area contributed by atoms with Crippen LogP contribution < -0.4 is 4.74 Å². The topological polar surface area (TPSA) is 46.5 Å². The van der Waals surface area contributed by atoms with Gasteiger partial charge in [-0.15, -0.1) is 11.8 Å². The van der Waals surface area contributed by atoms with Crippen molar-refractivity contribution in [2.24, 2.45) is 0 Å². The highest BCUT2D eigenvalue weighted by Gasteiger charge is 2.09. The molecule has 1 N–H and O–H groups in total. The molecule has 3 rings (SSSR count). The second-order valence-electron chi connectivity index (χ2n) is 6.05. The fraction of sp³-hybridized carbons (Fsp3) is 0.0870. The first-order chi connectivity index (χ1) is 14.0. The van der Waals surface area contributed by atoms with Crippen LogP contribution >= 0.6 is 39.3 Å². The third-order valence-corrected chi connectivity index (χ3v) is 6.16. The SMILES string of the molecule is O=C(O)COc1ccc(SC/C=C(/c2ccccc2)c2ccccc2Br)c(Cl)c1. The number of carboxylic acid groups (broad SMARTS) is 1. The summed E-state index contributed by atoms with van der Waals surface area (Å²) in [5.74, 6) is 0.140. The third kappa shape index (κ3) is 6.13. The fourth-order valence-electron chi connectivity index (χ4n) is 2.73. The Morgan fingerprint density at radius 1 is 1.07 bits per heavy atom. The van der Waals surface area contributed by atoms with Crippen LogP contribution in [0.1, 0.15) is 11.1 Å². The van der Waals surface area contributed by atoms with E-state index in [9.17, 15) is 4.79 Å². The first-order valence-electron chi connectivity index (χ1n) is 8.82. The number of hydrogen-bond acceptors (Lipinski definition) is 3. The van der Waals surface area contributed by atoms with E-state index in [1.807, 2.05) is 42.5 Å². The molecule has 0 amide bonds. The molecule has 0 aliphatic heterocycles. The number of carbonyl (C=O) groups is 1. The van der Waals surface area contributed by atoms with E-state index in [2.05, 4.69) is 40.2 Å². The van der Waals surface area contributed by atoms with Gasteiger partial charge in [-0.1, -0.05) is 82.1 Å². The van der Waals surface area contributed by atoms with Gasteiger partial charge in [-0.3, -0.25) is 0 Å². The minimum absolute atomic E-state index is 0.391. The molecule has 0 aliphatic carbocycles. The largest absolute Gasteiger partial charge is 0.482 e. The van der Waals surface area contributed by atoms with Crippen molar-refractivity contribution in [2.45, 2.75) is 4.90 Å². The Hall–Kier alpha value is -2.21. The molecule has 0 heterocycles. The minimum Gasteiger partial charge on any atom is -0.482 e. The molecule has 148 valence electrons. The van der Waals surface area contributed by atoms with E-state index in [0.717, 1.165) is 31.8 Å². The van der Waals surface area contributed by atoms with Crippen molar-refractivity contribution in [1.82, 2.24) is 0 Å². The number of benzene rings is 3. The van der Waals surface area contributed by atoms with Gasteiger partial charge in [-0.2, -0.15) is 0 Å². The van der Waals surface area contributed by atoms with Crippen LogP contribution in [0.4, 0.5) is 0 Å². The minimum atomic E-state index is -1.02. The summed E-state index contributed by atoms with van der Waals surface area (Å²) in [5, 5.41) is 9.24. The molecule has 0 fully saturated rings. The van der Waals surface area contributed by atoms with Crippen LogP contribution in [0.15, 0.2) is 88.2 Å². The Bertz CT molecular complexity index is 1020. The standard InChI is InChI=1S/C23H18BrClO3S/c24-20-9-5-4-8-19(20)18(16-6-2-1-3-7-16)12-13-29-22-11-10-17(14-21(22)25)28-15-23(26)27/h1-12,14H,13,15H2,(H,26,27)/b18-12-. The number of thioether (sulfide) groups is 1. The zero-order valence-electron chi connectivity index (χ0n) is 15.3. The van der Waals surface area contributed by atoms with Crippen LogP contribution in [-0.4, -0.2) is 23.4 Å². The molecular formula is C23H18BrClO3S. The Morgan fingerprint density at radius 3 is 2.48 bits per heavy atom. The van der Waals surface area contributed by atoms with Crippen LogP contribution in [-0.2, 0) is 4.79 Å². The van der Waals surface area contributed by atoms with Crippen molar-refractivity contribution in [3.8, 4) is 5.75 Å². The summed E-state index contributed by atoms with van der Waals surface area (Å²) in [4.78, 5) is 11.5. The second kappa shape index (κ2) is 10.5. The highest BCUT2D eigenvalue weighted by atomic mass is 79.9. The molecule has 0 spiro atoms. The summed E-state index contributed by atoms with van der Waals surface area (Å²) < 4.78 is 6.20. The van der Waals surface area contributed by atoms with E-state index in [1.54, 1.807) is 23.9 Å². The van der Waals surface area contributed by atoms with Gasteiger partial charge in [0.15, 0.2) is 6.61 Å². The van der Waals surface area contributed by atoms with E-state index < -0.39 is 12.6 Å². The Labute approximate surface area is 187 Å². The first-order valence-corrected chi connectivity index (χ1v) is 11.0. The zero-order chi connectivity index (χ0) is 20.6. The summed E-state index contributed by atoms with van der Waals surface area (Å²) in [5.41, 5.74) is 3.41. The van der Waals surface area contributed by atoms with Gasteiger partial charge in [0.1, 0.15) is 5.75 Å². The van der Waals surface area contributed by atoms with E-state index >= 15 is 0 Å². The lowest BCUT2D eigenvalue weighted by molar-refractivity contribution is -0.139. The number of aliphatic carboxylic acids is 1. The van der Waals surface area contributed by atoms with Crippen LogP contribution in [0.5, 0.6) is 5.75 Å². The van der Waals surface area contributed by atoms with Gasteiger partial charge in [0.05, 0.1) is 5.02 Å². The third-order valence-electron chi connectivity index (χ3n) is 4.04. The Balaban J connectivity index is 1.78. The summed E-state index contributed by atoms with van der Waals surface area (Å²) in [6.07, 6.45) is 2.19. The number of hydrogen-bond donors (Lipinski definition) is 1. The summed E-state index contributed by atoms with van der Waals surface area (Å²) >= 11 is 11.6.